The van der Waals surface area contributed by atoms with Crippen molar-refractivity contribution in [2.45, 2.75) is 39.5 Å². The van der Waals surface area contributed by atoms with Crippen LogP contribution in [-0.4, -0.2) is 23.3 Å². The van der Waals surface area contributed by atoms with Gasteiger partial charge in [-0.2, -0.15) is 0 Å². The fraction of sp³-hybridized carbons (Fsp3) is 0.778. The van der Waals surface area contributed by atoms with Crippen LogP contribution in [0.25, 0.3) is 0 Å². The molecule has 0 aliphatic heterocycles. The zero-order chi connectivity index (χ0) is 10.6. The van der Waals surface area contributed by atoms with E-state index in [0.717, 1.165) is 0 Å². The first-order valence-electron chi connectivity index (χ1n) is 4.72. The molecule has 80 valence electrons. The lowest BCUT2D eigenvalue weighted by molar-refractivity contribution is 0.0934. The summed E-state index contributed by atoms with van der Waals surface area (Å²) in [6, 6.07) is 0.408. The van der Waals surface area contributed by atoms with E-state index in [0.29, 0.717) is 24.4 Å². The highest BCUT2D eigenvalue weighted by atomic mass is 16.5. The van der Waals surface area contributed by atoms with Gasteiger partial charge in [0.1, 0.15) is 6.10 Å². The predicted octanol–water partition coefficient (Wildman–Crippen LogP) is 1.27. The zero-order valence-corrected chi connectivity index (χ0v) is 9.07. The topological polar surface area (TPSA) is 60.2 Å². The first kappa shape index (κ1) is 11.1. The molecular formula is C9H17N3O2. The van der Waals surface area contributed by atoms with Crippen molar-refractivity contribution in [3.05, 3.63) is 11.8 Å². The van der Waals surface area contributed by atoms with Gasteiger partial charge in [-0.3, -0.25) is 0 Å². The minimum atomic E-state index is -0.143. The fourth-order valence-electron chi connectivity index (χ4n) is 0.895. The normalized spacial score (nSPS) is 13.5. The van der Waals surface area contributed by atoms with Crippen LogP contribution in [0.15, 0.2) is 4.42 Å². The van der Waals surface area contributed by atoms with Gasteiger partial charge in [0, 0.05) is 13.2 Å². The molecule has 5 nitrogen and oxygen atoms in total. The molecule has 0 aliphatic carbocycles. The van der Waals surface area contributed by atoms with Gasteiger partial charge in [-0.1, -0.05) is 13.8 Å². The molecule has 1 N–H and O–H groups in total. The molecule has 1 unspecified atom stereocenters. The first-order chi connectivity index (χ1) is 6.63. The number of hydrogen-bond acceptors (Lipinski definition) is 5. The summed E-state index contributed by atoms with van der Waals surface area (Å²) < 4.78 is 10.4. The second-order valence-electron chi connectivity index (χ2n) is 3.45. The van der Waals surface area contributed by atoms with Crippen LogP contribution in [0.3, 0.4) is 0 Å². The van der Waals surface area contributed by atoms with Crippen molar-refractivity contribution >= 4 is 0 Å². The lowest BCUT2D eigenvalue weighted by Gasteiger charge is -2.04. The minimum absolute atomic E-state index is 0.143. The average molecular weight is 199 g/mol. The van der Waals surface area contributed by atoms with Crippen molar-refractivity contribution in [2.75, 3.05) is 7.11 Å². The second kappa shape index (κ2) is 5.07. The Labute approximate surface area is 83.9 Å². The Kier molecular flexibility index (Phi) is 4.03. The van der Waals surface area contributed by atoms with Crippen molar-refractivity contribution in [1.82, 2.24) is 15.5 Å². The number of nitrogens with zero attached hydrogens (tertiary/aromatic N) is 2. The van der Waals surface area contributed by atoms with Crippen LogP contribution in [-0.2, 0) is 11.3 Å². The van der Waals surface area contributed by atoms with Crippen LogP contribution >= 0.6 is 0 Å². The summed E-state index contributed by atoms with van der Waals surface area (Å²) in [5, 5.41) is 11.0. The summed E-state index contributed by atoms with van der Waals surface area (Å²) in [5.74, 6) is 1.12. The molecule has 14 heavy (non-hydrogen) atoms. The maximum Gasteiger partial charge on any atom is 0.244 e. The molecule has 0 aromatic carbocycles. The summed E-state index contributed by atoms with van der Waals surface area (Å²) in [6.07, 6.45) is -0.143. The van der Waals surface area contributed by atoms with E-state index in [9.17, 15) is 0 Å². The number of methoxy groups -OCH3 is 1. The van der Waals surface area contributed by atoms with E-state index in [2.05, 4.69) is 29.4 Å². The van der Waals surface area contributed by atoms with Crippen molar-refractivity contribution in [2.24, 2.45) is 0 Å². The number of nitrogens with one attached hydrogen (secondary N) is 1. The second-order valence-corrected chi connectivity index (χ2v) is 3.45. The van der Waals surface area contributed by atoms with Gasteiger partial charge in [0.05, 0.1) is 6.54 Å². The summed E-state index contributed by atoms with van der Waals surface area (Å²) >= 11 is 0. The third-order valence-corrected chi connectivity index (χ3v) is 1.85. The standard InChI is InChI=1S/C9H17N3O2/c1-6(2)10-5-8-11-12-9(14-8)7(3)13-4/h6-7,10H,5H2,1-4H3. The molecular weight excluding hydrogens is 182 g/mol. The van der Waals surface area contributed by atoms with E-state index in [4.69, 9.17) is 9.15 Å². The summed E-state index contributed by atoms with van der Waals surface area (Å²) in [4.78, 5) is 0. The SMILES string of the molecule is COC(C)c1nnc(CNC(C)C)o1. The largest absolute Gasteiger partial charge is 0.421 e. The smallest absolute Gasteiger partial charge is 0.244 e. The molecule has 0 saturated heterocycles. The Hall–Kier alpha value is -0.940. The zero-order valence-electron chi connectivity index (χ0n) is 9.07. The van der Waals surface area contributed by atoms with Gasteiger partial charge in [-0.25, -0.2) is 0 Å². The number of rotatable bonds is 5. The maximum atomic E-state index is 5.38. The highest BCUT2D eigenvalue weighted by molar-refractivity contribution is 4.85. The molecule has 0 aliphatic rings. The van der Waals surface area contributed by atoms with Gasteiger partial charge in [0.15, 0.2) is 0 Å². The quantitative estimate of drug-likeness (QED) is 0.774. The molecule has 1 rings (SSSR count). The Morgan fingerprint density at radius 3 is 2.64 bits per heavy atom. The Bertz CT molecular complexity index is 273. The van der Waals surface area contributed by atoms with Crippen LogP contribution in [0.1, 0.15) is 38.7 Å². The molecule has 0 spiro atoms. The van der Waals surface area contributed by atoms with E-state index < -0.39 is 0 Å². The maximum absolute atomic E-state index is 5.38. The van der Waals surface area contributed by atoms with Gasteiger partial charge in [0.2, 0.25) is 11.8 Å². The van der Waals surface area contributed by atoms with E-state index in [-0.39, 0.29) is 6.10 Å². The third kappa shape index (κ3) is 3.08. The number of aromatic nitrogens is 2. The van der Waals surface area contributed by atoms with E-state index >= 15 is 0 Å². The van der Waals surface area contributed by atoms with Crippen LogP contribution in [0.2, 0.25) is 0 Å². The fourth-order valence-corrected chi connectivity index (χ4v) is 0.895. The number of hydrogen-bond donors (Lipinski definition) is 1. The van der Waals surface area contributed by atoms with Gasteiger partial charge in [0.25, 0.3) is 0 Å². The summed E-state index contributed by atoms with van der Waals surface area (Å²) in [6.45, 7) is 6.60. The Balaban J connectivity index is 2.50. The Morgan fingerprint density at radius 2 is 2.07 bits per heavy atom. The molecule has 0 amide bonds. The third-order valence-electron chi connectivity index (χ3n) is 1.85. The molecule has 1 heterocycles. The van der Waals surface area contributed by atoms with Crippen molar-refractivity contribution < 1.29 is 9.15 Å². The summed E-state index contributed by atoms with van der Waals surface area (Å²) in [7, 11) is 1.61. The monoisotopic (exact) mass is 199 g/mol. The lowest BCUT2D eigenvalue weighted by atomic mass is 10.4. The molecule has 0 saturated carbocycles. The van der Waals surface area contributed by atoms with Crippen molar-refractivity contribution in [1.29, 1.82) is 0 Å². The van der Waals surface area contributed by atoms with Crippen LogP contribution in [0, 0.1) is 0 Å². The molecule has 1 aromatic heterocycles. The molecule has 1 atom stereocenters. The average Bonchev–Trinajstić information content (AvgIpc) is 2.62. The molecule has 0 fully saturated rings. The molecule has 0 radical (unpaired) electrons. The van der Waals surface area contributed by atoms with Gasteiger partial charge in [-0.15, -0.1) is 10.2 Å². The molecule has 1 aromatic rings. The van der Waals surface area contributed by atoms with Gasteiger partial charge in [-0.05, 0) is 6.92 Å². The van der Waals surface area contributed by atoms with Gasteiger partial charge < -0.3 is 14.5 Å². The van der Waals surface area contributed by atoms with E-state index in [1.54, 1.807) is 7.11 Å². The van der Waals surface area contributed by atoms with Gasteiger partial charge >= 0.3 is 0 Å². The van der Waals surface area contributed by atoms with Crippen molar-refractivity contribution in [3.63, 3.8) is 0 Å². The predicted molar refractivity (Wildman–Crippen MR) is 51.7 cm³/mol. The van der Waals surface area contributed by atoms with E-state index in [1.165, 1.54) is 0 Å². The highest BCUT2D eigenvalue weighted by Crippen LogP contribution is 2.13. The van der Waals surface area contributed by atoms with E-state index in [1.807, 2.05) is 6.92 Å². The first-order valence-corrected chi connectivity index (χ1v) is 4.72. The van der Waals surface area contributed by atoms with Crippen LogP contribution in [0.4, 0.5) is 0 Å². The molecule has 0 bridgehead atoms. The summed E-state index contributed by atoms with van der Waals surface area (Å²) in [5.41, 5.74) is 0. The lowest BCUT2D eigenvalue weighted by Crippen LogP contribution is -2.21. The minimum Gasteiger partial charge on any atom is -0.421 e. The Morgan fingerprint density at radius 1 is 1.36 bits per heavy atom. The molecule has 5 heteroatoms. The van der Waals surface area contributed by atoms with Crippen LogP contribution < -0.4 is 5.32 Å². The van der Waals surface area contributed by atoms with Crippen LogP contribution in [0.5, 0.6) is 0 Å². The number of ether oxygens (including phenoxy) is 1. The highest BCUT2D eigenvalue weighted by Gasteiger charge is 2.12. The van der Waals surface area contributed by atoms with Crippen molar-refractivity contribution in [3.8, 4) is 0 Å².